The molecule has 0 radical (unpaired) electrons. The maximum absolute atomic E-state index is 12.4. The molecular weight excluding hydrogens is 282 g/mol. The van der Waals surface area contributed by atoms with E-state index in [0.717, 1.165) is 30.6 Å². The number of hydrogen-bond acceptors (Lipinski definition) is 3. The van der Waals surface area contributed by atoms with E-state index in [1.54, 1.807) is 11.9 Å². The monoisotopic (exact) mass is 309 g/mol. The number of nitrogens with zero attached hydrogens (tertiary/aromatic N) is 2. The lowest BCUT2D eigenvalue weighted by atomic mass is 9.94. The molecule has 0 bridgehead atoms. The maximum atomic E-state index is 12.4. The normalized spacial score (nSPS) is 23.1. The Morgan fingerprint density at radius 3 is 2.50 bits per heavy atom. The Morgan fingerprint density at radius 1 is 1.27 bits per heavy atom. The summed E-state index contributed by atoms with van der Waals surface area (Å²) in [5.74, 6) is -0.112. The lowest BCUT2D eigenvalue weighted by Gasteiger charge is -2.32. The SMILES string of the molecule is CC(C)C[C@H]1NC(=O)N(CC(=O)N(C)C2CCCCC2)C1=O. The average molecular weight is 309 g/mol. The third-order valence-electron chi connectivity index (χ3n) is 4.62. The Hall–Kier alpha value is -1.59. The third-order valence-corrected chi connectivity index (χ3v) is 4.62. The fraction of sp³-hybridized carbons (Fsp3) is 0.812. The Bertz CT molecular complexity index is 444. The van der Waals surface area contributed by atoms with E-state index in [0.29, 0.717) is 12.3 Å². The second-order valence-electron chi connectivity index (χ2n) is 6.85. The van der Waals surface area contributed by atoms with Crippen LogP contribution in [0, 0.1) is 5.92 Å². The highest BCUT2D eigenvalue weighted by Gasteiger charge is 2.39. The first-order valence-corrected chi connectivity index (χ1v) is 8.27. The van der Waals surface area contributed by atoms with E-state index in [2.05, 4.69) is 5.32 Å². The summed E-state index contributed by atoms with van der Waals surface area (Å²) >= 11 is 0. The molecule has 1 aliphatic carbocycles. The minimum absolute atomic E-state index is 0.147. The Morgan fingerprint density at radius 2 is 1.91 bits per heavy atom. The standard InChI is InChI=1S/C16H27N3O3/c1-11(2)9-13-15(21)19(16(22)17-13)10-14(20)18(3)12-7-5-4-6-8-12/h11-13H,4-10H2,1-3H3,(H,17,22)/t13-/m1/s1. The fourth-order valence-electron chi connectivity index (χ4n) is 3.28. The largest absolute Gasteiger partial charge is 0.341 e. The summed E-state index contributed by atoms with van der Waals surface area (Å²) in [6.45, 7) is 3.86. The summed E-state index contributed by atoms with van der Waals surface area (Å²) in [5, 5.41) is 2.68. The van der Waals surface area contributed by atoms with Gasteiger partial charge >= 0.3 is 6.03 Å². The number of nitrogens with one attached hydrogen (secondary N) is 1. The van der Waals surface area contributed by atoms with Gasteiger partial charge in [0.05, 0.1) is 0 Å². The number of amides is 4. The number of carbonyl (C=O) groups excluding carboxylic acids is 3. The molecular formula is C16H27N3O3. The van der Waals surface area contributed by atoms with Crippen molar-refractivity contribution in [3.8, 4) is 0 Å². The van der Waals surface area contributed by atoms with Gasteiger partial charge in [0.25, 0.3) is 5.91 Å². The van der Waals surface area contributed by atoms with Crippen LogP contribution in [0.1, 0.15) is 52.4 Å². The number of rotatable bonds is 5. The second-order valence-corrected chi connectivity index (χ2v) is 6.85. The quantitative estimate of drug-likeness (QED) is 0.787. The van der Waals surface area contributed by atoms with E-state index in [1.165, 1.54) is 6.42 Å². The van der Waals surface area contributed by atoms with Crippen molar-refractivity contribution in [2.75, 3.05) is 13.6 Å². The first kappa shape index (κ1) is 16.8. The van der Waals surface area contributed by atoms with Gasteiger partial charge in [0.2, 0.25) is 5.91 Å². The van der Waals surface area contributed by atoms with Crippen LogP contribution in [0.25, 0.3) is 0 Å². The van der Waals surface area contributed by atoms with Crippen molar-refractivity contribution in [2.24, 2.45) is 5.92 Å². The Labute approximate surface area is 132 Å². The maximum Gasteiger partial charge on any atom is 0.325 e. The first-order valence-electron chi connectivity index (χ1n) is 8.27. The van der Waals surface area contributed by atoms with E-state index >= 15 is 0 Å². The van der Waals surface area contributed by atoms with Crippen LogP contribution in [0.15, 0.2) is 0 Å². The summed E-state index contributed by atoms with van der Waals surface area (Å²) in [7, 11) is 1.78. The van der Waals surface area contributed by atoms with Crippen molar-refractivity contribution < 1.29 is 14.4 Å². The summed E-state index contributed by atoms with van der Waals surface area (Å²) in [6, 6.07) is -0.685. The van der Waals surface area contributed by atoms with Crippen LogP contribution < -0.4 is 5.32 Å². The van der Waals surface area contributed by atoms with Crippen molar-refractivity contribution in [1.82, 2.24) is 15.1 Å². The van der Waals surface area contributed by atoms with Gasteiger partial charge in [0.15, 0.2) is 0 Å². The zero-order valence-corrected chi connectivity index (χ0v) is 13.8. The van der Waals surface area contributed by atoms with Crippen LogP contribution in [0.2, 0.25) is 0 Å². The van der Waals surface area contributed by atoms with Crippen molar-refractivity contribution in [2.45, 2.75) is 64.5 Å². The Balaban J connectivity index is 1.93. The Kier molecular flexibility index (Phi) is 5.42. The molecule has 2 rings (SSSR count). The van der Waals surface area contributed by atoms with E-state index in [9.17, 15) is 14.4 Å². The molecule has 6 heteroatoms. The van der Waals surface area contributed by atoms with Gasteiger partial charge in [-0.05, 0) is 25.2 Å². The molecule has 2 aliphatic rings. The highest BCUT2D eigenvalue weighted by Crippen LogP contribution is 2.22. The molecule has 0 aromatic rings. The topological polar surface area (TPSA) is 69.7 Å². The van der Waals surface area contributed by atoms with Crippen LogP contribution in [0.3, 0.4) is 0 Å². The van der Waals surface area contributed by atoms with Gasteiger partial charge in [-0.2, -0.15) is 0 Å². The summed E-state index contributed by atoms with van der Waals surface area (Å²) in [6.07, 6.45) is 6.14. The van der Waals surface area contributed by atoms with Gasteiger partial charge in [0.1, 0.15) is 12.6 Å². The molecule has 1 saturated carbocycles. The molecule has 0 unspecified atom stereocenters. The summed E-state index contributed by atoms with van der Waals surface area (Å²) in [4.78, 5) is 39.3. The van der Waals surface area contributed by atoms with Crippen molar-refractivity contribution in [1.29, 1.82) is 0 Å². The predicted molar refractivity (Wildman–Crippen MR) is 83.1 cm³/mol. The fourth-order valence-corrected chi connectivity index (χ4v) is 3.28. The highest BCUT2D eigenvalue weighted by molar-refractivity contribution is 6.06. The zero-order valence-electron chi connectivity index (χ0n) is 13.8. The van der Waals surface area contributed by atoms with Gasteiger partial charge in [-0.3, -0.25) is 14.5 Å². The van der Waals surface area contributed by atoms with E-state index in [-0.39, 0.29) is 24.4 Å². The zero-order chi connectivity index (χ0) is 16.3. The molecule has 1 atom stereocenters. The molecule has 1 aliphatic heterocycles. The lowest BCUT2D eigenvalue weighted by Crippen LogP contribution is -2.46. The van der Waals surface area contributed by atoms with E-state index in [4.69, 9.17) is 0 Å². The van der Waals surface area contributed by atoms with Gasteiger partial charge in [-0.15, -0.1) is 0 Å². The minimum Gasteiger partial charge on any atom is -0.341 e. The number of carbonyl (C=O) groups is 3. The first-order chi connectivity index (χ1) is 10.4. The summed E-state index contributed by atoms with van der Waals surface area (Å²) < 4.78 is 0. The third kappa shape index (κ3) is 3.78. The van der Waals surface area contributed by atoms with Gasteiger partial charge < -0.3 is 10.2 Å². The van der Waals surface area contributed by atoms with Crippen molar-refractivity contribution >= 4 is 17.8 Å². The van der Waals surface area contributed by atoms with Gasteiger partial charge in [-0.1, -0.05) is 33.1 Å². The van der Waals surface area contributed by atoms with E-state index < -0.39 is 12.1 Å². The number of hydrogen-bond donors (Lipinski definition) is 1. The van der Waals surface area contributed by atoms with Crippen molar-refractivity contribution in [3.63, 3.8) is 0 Å². The molecule has 0 aromatic carbocycles. The van der Waals surface area contributed by atoms with Crippen molar-refractivity contribution in [3.05, 3.63) is 0 Å². The minimum atomic E-state index is -0.486. The molecule has 1 N–H and O–H groups in total. The molecule has 22 heavy (non-hydrogen) atoms. The van der Waals surface area contributed by atoms with E-state index in [1.807, 2.05) is 13.8 Å². The summed E-state index contributed by atoms with van der Waals surface area (Å²) in [5.41, 5.74) is 0. The molecule has 1 saturated heterocycles. The molecule has 124 valence electrons. The molecule has 4 amide bonds. The van der Waals surface area contributed by atoms with Crippen LogP contribution in [0.4, 0.5) is 4.79 Å². The number of likely N-dealkylation sites (N-methyl/N-ethyl adjacent to an activating group) is 1. The molecule has 0 spiro atoms. The van der Waals surface area contributed by atoms with Crippen LogP contribution in [-0.2, 0) is 9.59 Å². The number of imide groups is 1. The predicted octanol–water partition coefficient (Wildman–Crippen LogP) is 1.74. The molecule has 0 aromatic heterocycles. The highest BCUT2D eigenvalue weighted by atomic mass is 16.2. The van der Waals surface area contributed by atoms with Gasteiger partial charge in [-0.25, -0.2) is 4.79 Å². The van der Waals surface area contributed by atoms with Crippen LogP contribution in [0.5, 0.6) is 0 Å². The van der Waals surface area contributed by atoms with Crippen LogP contribution >= 0.6 is 0 Å². The lowest BCUT2D eigenvalue weighted by molar-refractivity contribution is -0.138. The molecule has 6 nitrogen and oxygen atoms in total. The number of urea groups is 1. The second kappa shape index (κ2) is 7.11. The smallest absolute Gasteiger partial charge is 0.325 e. The molecule has 1 heterocycles. The van der Waals surface area contributed by atoms with Gasteiger partial charge in [0, 0.05) is 13.1 Å². The molecule has 2 fully saturated rings. The van der Waals surface area contributed by atoms with Crippen LogP contribution in [-0.4, -0.2) is 53.3 Å². The average Bonchev–Trinajstić information content (AvgIpc) is 2.74.